The number of hydrogen-bond acceptors (Lipinski definition) is 8. The third-order valence-electron chi connectivity index (χ3n) is 5.74. The van der Waals surface area contributed by atoms with Crippen LogP contribution in [-0.2, 0) is 14.3 Å². The van der Waals surface area contributed by atoms with Crippen LogP contribution in [0.5, 0.6) is 0 Å². The number of amides is 3. The minimum absolute atomic E-state index is 0.0145. The highest BCUT2D eigenvalue weighted by Gasteiger charge is 2.52. The van der Waals surface area contributed by atoms with Gasteiger partial charge in [-0.2, -0.15) is 0 Å². The van der Waals surface area contributed by atoms with E-state index in [1.807, 2.05) is 13.0 Å². The summed E-state index contributed by atoms with van der Waals surface area (Å²) >= 11 is 0.896. The van der Waals surface area contributed by atoms with Gasteiger partial charge < -0.3 is 15.0 Å². The van der Waals surface area contributed by atoms with Crippen LogP contribution in [0.15, 0.2) is 24.3 Å². The van der Waals surface area contributed by atoms with E-state index in [9.17, 15) is 19.2 Å². The highest BCUT2D eigenvalue weighted by atomic mass is 32.1. The maximum absolute atomic E-state index is 13.2. The number of benzene rings is 1. The lowest BCUT2D eigenvalue weighted by Crippen LogP contribution is -2.62. The van der Waals surface area contributed by atoms with Crippen molar-refractivity contribution in [3.63, 3.8) is 0 Å². The summed E-state index contributed by atoms with van der Waals surface area (Å²) in [5, 5.41) is 6.59. The molecule has 1 atom stereocenters. The van der Waals surface area contributed by atoms with Crippen molar-refractivity contribution in [1.82, 2.24) is 14.5 Å². The van der Waals surface area contributed by atoms with Gasteiger partial charge in [0.15, 0.2) is 5.00 Å². The number of esters is 1. The van der Waals surface area contributed by atoms with Crippen molar-refractivity contribution in [2.24, 2.45) is 0 Å². The molecule has 1 saturated heterocycles. The average Bonchev–Trinajstić information content (AvgIpc) is 3.35. The molecule has 1 aromatic heterocycles. The first-order valence-corrected chi connectivity index (χ1v) is 11.2. The Morgan fingerprint density at radius 2 is 2.06 bits per heavy atom. The van der Waals surface area contributed by atoms with Crippen LogP contribution in [0.1, 0.15) is 60.4 Å². The van der Waals surface area contributed by atoms with Crippen molar-refractivity contribution in [3.8, 4) is 0 Å². The van der Waals surface area contributed by atoms with E-state index >= 15 is 0 Å². The van der Waals surface area contributed by atoms with E-state index in [1.165, 1.54) is 0 Å². The Labute approximate surface area is 188 Å². The molecule has 0 spiro atoms. The molecule has 1 aromatic carbocycles. The summed E-state index contributed by atoms with van der Waals surface area (Å²) in [6, 6.07) is 7.10. The lowest BCUT2D eigenvalue weighted by Gasteiger charge is -2.48. The van der Waals surface area contributed by atoms with Gasteiger partial charge in [-0.1, -0.05) is 16.6 Å². The first-order chi connectivity index (χ1) is 15.4. The van der Waals surface area contributed by atoms with Crippen LogP contribution >= 0.6 is 11.5 Å². The fourth-order valence-electron chi connectivity index (χ4n) is 4.23. The molecule has 0 saturated carbocycles. The van der Waals surface area contributed by atoms with Crippen molar-refractivity contribution in [1.29, 1.82) is 0 Å². The van der Waals surface area contributed by atoms with Crippen molar-refractivity contribution in [2.45, 2.75) is 45.2 Å². The second-order valence-corrected chi connectivity index (χ2v) is 8.50. The molecule has 3 heterocycles. The van der Waals surface area contributed by atoms with Crippen molar-refractivity contribution in [2.75, 3.05) is 23.4 Å². The minimum Gasteiger partial charge on any atom is -0.461 e. The third kappa shape index (κ3) is 3.72. The van der Waals surface area contributed by atoms with Gasteiger partial charge in [0, 0.05) is 30.9 Å². The molecule has 1 unspecified atom stereocenters. The Kier molecular flexibility index (Phi) is 5.92. The summed E-state index contributed by atoms with van der Waals surface area (Å²) in [4.78, 5) is 53.5. The standard InChI is InChI=1S/C21H23N5O5S/c1-3-31-20(30)17-18(32-24-23-17)22-15(27)9-6-12-25-19(29)13-7-4-5-8-14(13)26-16(28)10-11-21(25,26)2/h4-5,7-8H,3,6,9-12H2,1-2H3,(H,22,27). The van der Waals surface area contributed by atoms with Gasteiger partial charge in [0.05, 0.1) is 17.9 Å². The Bertz CT molecular complexity index is 1090. The summed E-state index contributed by atoms with van der Waals surface area (Å²) in [7, 11) is 0. The highest BCUT2D eigenvalue weighted by Crippen LogP contribution is 2.44. The molecular formula is C21H23N5O5S. The molecule has 10 nitrogen and oxygen atoms in total. The maximum Gasteiger partial charge on any atom is 0.362 e. The lowest BCUT2D eigenvalue weighted by molar-refractivity contribution is -0.118. The second kappa shape index (κ2) is 8.65. The third-order valence-corrected chi connectivity index (χ3v) is 6.38. The zero-order valence-electron chi connectivity index (χ0n) is 17.8. The van der Waals surface area contributed by atoms with E-state index in [2.05, 4.69) is 14.9 Å². The molecule has 0 bridgehead atoms. The number of carbonyl (C=O) groups is 4. The second-order valence-electron chi connectivity index (χ2n) is 7.74. The van der Waals surface area contributed by atoms with Crippen molar-refractivity contribution in [3.05, 3.63) is 35.5 Å². The molecule has 3 amide bonds. The molecule has 168 valence electrons. The van der Waals surface area contributed by atoms with E-state index < -0.39 is 11.6 Å². The van der Waals surface area contributed by atoms with Gasteiger partial charge in [-0.25, -0.2) is 4.79 Å². The van der Waals surface area contributed by atoms with Gasteiger partial charge in [0.2, 0.25) is 17.5 Å². The Morgan fingerprint density at radius 1 is 1.28 bits per heavy atom. The molecule has 1 N–H and O–H groups in total. The SMILES string of the molecule is CCOC(=O)c1nnsc1NC(=O)CCCN1C(=O)c2ccccc2N2C(=O)CCC12C. The van der Waals surface area contributed by atoms with Crippen LogP contribution in [0, 0.1) is 0 Å². The van der Waals surface area contributed by atoms with E-state index in [0.29, 0.717) is 37.1 Å². The van der Waals surface area contributed by atoms with E-state index in [0.717, 1.165) is 11.5 Å². The van der Waals surface area contributed by atoms with Gasteiger partial charge in [-0.15, -0.1) is 5.10 Å². The molecule has 0 aliphatic carbocycles. The predicted octanol–water partition coefficient (Wildman–Crippen LogP) is 2.43. The van der Waals surface area contributed by atoms with Gasteiger partial charge in [-0.05, 0) is 38.8 Å². The maximum atomic E-state index is 13.2. The van der Waals surface area contributed by atoms with Crippen LogP contribution < -0.4 is 10.2 Å². The molecule has 0 radical (unpaired) electrons. The van der Waals surface area contributed by atoms with Crippen LogP contribution in [0.2, 0.25) is 0 Å². The quantitative estimate of drug-likeness (QED) is 0.634. The molecule has 32 heavy (non-hydrogen) atoms. The molecule has 2 aromatic rings. The molecule has 11 heteroatoms. The van der Waals surface area contributed by atoms with Crippen LogP contribution in [-0.4, -0.2) is 57.0 Å². The van der Waals surface area contributed by atoms with Gasteiger partial charge in [-0.3, -0.25) is 19.3 Å². The Hall–Kier alpha value is -3.34. The summed E-state index contributed by atoms with van der Waals surface area (Å²) in [5.41, 5.74) is 0.346. The van der Waals surface area contributed by atoms with Gasteiger partial charge in [0.25, 0.3) is 5.91 Å². The van der Waals surface area contributed by atoms with E-state index in [1.54, 1.807) is 34.9 Å². The minimum atomic E-state index is -0.752. The van der Waals surface area contributed by atoms with Gasteiger partial charge >= 0.3 is 5.97 Å². The largest absolute Gasteiger partial charge is 0.461 e. The number of para-hydroxylation sites is 1. The van der Waals surface area contributed by atoms with Crippen molar-refractivity contribution < 1.29 is 23.9 Å². The zero-order valence-corrected chi connectivity index (χ0v) is 18.6. The number of rotatable bonds is 7. The van der Waals surface area contributed by atoms with Crippen molar-refractivity contribution >= 4 is 45.9 Å². The summed E-state index contributed by atoms with van der Waals surface area (Å²) in [6.07, 6.45) is 1.41. The average molecular weight is 458 g/mol. The number of carbonyl (C=O) groups excluding carboxylic acids is 4. The topological polar surface area (TPSA) is 122 Å². The van der Waals surface area contributed by atoms with E-state index in [4.69, 9.17) is 4.74 Å². The number of aromatic nitrogens is 2. The number of fused-ring (bicyclic) bond motifs is 3. The number of nitrogens with zero attached hydrogens (tertiary/aromatic N) is 4. The normalized spacial score (nSPS) is 19.6. The Morgan fingerprint density at radius 3 is 2.84 bits per heavy atom. The fraction of sp³-hybridized carbons (Fsp3) is 0.429. The number of hydrogen-bond donors (Lipinski definition) is 1. The summed E-state index contributed by atoms with van der Waals surface area (Å²) in [6.45, 7) is 4.07. The number of nitrogens with one attached hydrogen (secondary N) is 1. The van der Waals surface area contributed by atoms with E-state index in [-0.39, 0.29) is 41.4 Å². The number of anilines is 2. The summed E-state index contributed by atoms with van der Waals surface area (Å²) < 4.78 is 8.61. The molecule has 1 fully saturated rings. The zero-order chi connectivity index (χ0) is 22.9. The van der Waals surface area contributed by atoms with Crippen LogP contribution in [0.4, 0.5) is 10.7 Å². The monoisotopic (exact) mass is 457 g/mol. The lowest BCUT2D eigenvalue weighted by atomic mass is 9.98. The van der Waals surface area contributed by atoms with Gasteiger partial charge in [0.1, 0.15) is 5.66 Å². The Balaban J connectivity index is 1.43. The number of ether oxygens (including phenoxy) is 1. The molecule has 2 aliphatic rings. The van der Waals surface area contributed by atoms with Crippen LogP contribution in [0.3, 0.4) is 0 Å². The molecule has 4 rings (SSSR count). The smallest absolute Gasteiger partial charge is 0.362 e. The first kappa shape index (κ1) is 21.9. The fourth-order valence-corrected chi connectivity index (χ4v) is 4.81. The molecule has 2 aliphatic heterocycles. The molecular weight excluding hydrogens is 434 g/mol. The predicted molar refractivity (Wildman–Crippen MR) is 116 cm³/mol. The highest BCUT2D eigenvalue weighted by molar-refractivity contribution is 7.10. The summed E-state index contributed by atoms with van der Waals surface area (Å²) in [5.74, 6) is -1.13. The van der Waals surface area contributed by atoms with Crippen LogP contribution in [0.25, 0.3) is 0 Å². The first-order valence-electron chi connectivity index (χ1n) is 10.4.